The van der Waals surface area contributed by atoms with Crippen molar-refractivity contribution in [2.24, 2.45) is 7.05 Å². The third-order valence-electron chi connectivity index (χ3n) is 3.02. The van der Waals surface area contributed by atoms with Crippen LogP contribution in [0.5, 0.6) is 0 Å². The molecular formula is C14H16N2O2. The summed E-state index contributed by atoms with van der Waals surface area (Å²) < 4.78 is 6.53. The van der Waals surface area contributed by atoms with Crippen LogP contribution >= 0.6 is 0 Å². The summed E-state index contributed by atoms with van der Waals surface area (Å²) in [5.74, 6) is -0.350. The number of hydrogen-bond acceptors (Lipinski definition) is 3. The van der Waals surface area contributed by atoms with E-state index >= 15 is 0 Å². The van der Waals surface area contributed by atoms with Crippen molar-refractivity contribution in [3.63, 3.8) is 0 Å². The normalized spacial score (nSPS) is 10.4. The standard InChI is InChI=1S/C14H16N2O2/c1-9-6-5-7-11(8-9)13-12(14(17)18-4)10(2)16(3)15-13/h5-8H,1-4H3. The van der Waals surface area contributed by atoms with Gasteiger partial charge in [0.15, 0.2) is 0 Å². The van der Waals surface area contributed by atoms with Crippen LogP contribution in [0.1, 0.15) is 21.6 Å². The average Bonchev–Trinajstić information content (AvgIpc) is 2.65. The van der Waals surface area contributed by atoms with Gasteiger partial charge in [-0.2, -0.15) is 5.10 Å². The van der Waals surface area contributed by atoms with Crippen molar-refractivity contribution < 1.29 is 9.53 Å². The van der Waals surface area contributed by atoms with Crippen molar-refractivity contribution in [2.45, 2.75) is 13.8 Å². The molecule has 0 bridgehead atoms. The Morgan fingerprint density at radius 3 is 2.67 bits per heavy atom. The molecule has 0 unspecified atom stereocenters. The molecule has 0 spiro atoms. The first-order valence-electron chi connectivity index (χ1n) is 5.73. The number of aryl methyl sites for hydroxylation is 2. The van der Waals surface area contributed by atoms with Gasteiger partial charge in [0.25, 0.3) is 0 Å². The SMILES string of the molecule is COC(=O)c1c(-c2cccc(C)c2)nn(C)c1C. The van der Waals surface area contributed by atoms with Crippen LogP contribution in [-0.2, 0) is 11.8 Å². The molecule has 1 heterocycles. The molecule has 0 aliphatic carbocycles. The van der Waals surface area contributed by atoms with Crippen molar-refractivity contribution >= 4 is 5.97 Å². The van der Waals surface area contributed by atoms with Gasteiger partial charge in [0.05, 0.1) is 12.8 Å². The Morgan fingerprint density at radius 2 is 2.06 bits per heavy atom. The van der Waals surface area contributed by atoms with Crippen LogP contribution in [0.2, 0.25) is 0 Å². The zero-order chi connectivity index (χ0) is 13.3. The van der Waals surface area contributed by atoms with Crippen LogP contribution in [0.3, 0.4) is 0 Å². The molecule has 18 heavy (non-hydrogen) atoms. The van der Waals surface area contributed by atoms with E-state index in [9.17, 15) is 4.79 Å². The molecule has 4 nitrogen and oxygen atoms in total. The number of methoxy groups -OCH3 is 1. The first-order valence-corrected chi connectivity index (χ1v) is 5.73. The topological polar surface area (TPSA) is 44.1 Å². The Hall–Kier alpha value is -2.10. The summed E-state index contributed by atoms with van der Waals surface area (Å²) in [6.07, 6.45) is 0. The van der Waals surface area contributed by atoms with Crippen LogP contribution < -0.4 is 0 Å². The minimum Gasteiger partial charge on any atom is -0.465 e. The number of nitrogens with zero attached hydrogens (tertiary/aromatic N) is 2. The van der Waals surface area contributed by atoms with Gasteiger partial charge in [0, 0.05) is 12.6 Å². The summed E-state index contributed by atoms with van der Waals surface area (Å²) in [5, 5.41) is 4.41. The maximum Gasteiger partial charge on any atom is 0.342 e. The van der Waals surface area contributed by atoms with Crippen molar-refractivity contribution in [1.29, 1.82) is 0 Å². The largest absolute Gasteiger partial charge is 0.465 e. The smallest absolute Gasteiger partial charge is 0.342 e. The number of ether oxygens (including phenoxy) is 1. The fourth-order valence-corrected chi connectivity index (χ4v) is 1.95. The molecule has 1 aromatic heterocycles. The Labute approximate surface area is 106 Å². The summed E-state index contributed by atoms with van der Waals surface area (Å²) in [4.78, 5) is 11.9. The average molecular weight is 244 g/mol. The van der Waals surface area contributed by atoms with E-state index in [1.807, 2.05) is 45.2 Å². The predicted molar refractivity (Wildman–Crippen MR) is 69.5 cm³/mol. The summed E-state index contributed by atoms with van der Waals surface area (Å²) in [6.45, 7) is 3.87. The second kappa shape index (κ2) is 4.64. The number of benzene rings is 1. The maximum absolute atomic E-state index is 11.9. The van der Waals surface area contributed by atoms with Gasteiger partial charge >= 0.3 is 5.97 Å². The molecule has 0 saturated heterocycles. The third-order valence-corrected chi connectivity index (χ3v) is 3.02. The van der Waals surface area contributed by atoms with Gasteiger partial charge in [-0.15, -0.1) is 0 Å². The van der Waals surface area contributed by atoms with Crippen LogP contribution in [0.15, 0.2) is 24.3 Å². The first-order chi connectivity index (χ1) is 8.54. The predicted octanol–water partition coefficient (Wildman–Crippen LogP) is 2.49. The molecule has 0 fully saturated rings. The molecule has 4 heteroatoms. The van der Waals surface area contributed by atoms with Crippen LogP contribution in [0.25, 0.3) is 11.3 Å². The molecular weight excluding hydrogens is 228 g/mol. The van der Waals surface area contributed by atoms with Crippen molar-refractivity contribution in [3.8, 4) is 11.3 Å². The number of aromatic nitrogens is 2. The second-order valence-corrected chi connectivity index (χ2v) is 4.29. The highest BCUT2D eigenvalue weighted by molar-refractivity contribution is 5.97. The van der Waals surface area contributed by atoms with E-state index in [1.54, 1.807) is 4.68 Å². The lowest BCUT2D eigenvalue weighted by Gasteiger charge is -2.03. The van der Waals surface area contributed by atoms with Gasteiger partial charge in [0.1, 0.15) is 11.3 Å². The maximum atomic E-state index is 11.9. The number of carbonyl (C=O) groups excluding carboxylic acids is 1. The highest BCUT2D eigenvalue weighted by Crippen LogP contribution is 2.26. The third kappa shape index (κ3) is 2.01. The summed E-state index contributed by atoms with van der Waals surface area (Å²) in [5.41, 5.74) is 4.07. The minimum absolute atomic E-state index is 0.350. The molecule has 0 aliphatic rings. The van der Waals surface area contributed by atoms with Gasteiger partial charge in [-0.05, 0) is 19.9 Å². The zero-order valence-electron chi connectivity index (χ0n) is 11.0. The molecule has 0 atom stereocenters. The fourth-order valence-electron chi connectivity index (χ4n) is 1.95. The lowest BCUT2D eigenvalue weighted by Crippen LogP contribution is -2.04. The van der Waals surface area contributed by atoms with Gasteiger partial charge in [0.2, 0.25) is 0 Å². The molecule has 0 saturated carbocycles. The fraction of sp³-hybridized carbons (Fsp3) is 0.286. The molecule has 1 aromatic carbocycles. The summed E-state index contributed by atoms with van der Waals surface area (Å²) in [7, 11) is 3.20. The highest BCUT2D eigenvalue weighted by atomic mass is 16.5. The number of rotatable bonds is 2. The number of esters is 1. The lowest BCUT2D eigenvalue weighted by atomic mass is 10.0. The quantitative estimate of drug-likeness (QED) is 0.762. The second-order valence-electron chi connectivity index (χ2n) is 4.29. The lowest BCUT2D eigenvalue weighted by molar-refractivity contribution is 0.0600. The monoisotopic (exact) mass is 244 g/mol. The highest BCUT2D eigenvalue weighted by Gasteiger charge is 2.21. The van der Waals surface area contributed by atoms with Gasteiger partial charge in [-0.3, -0.25) is 4.68 Å². The van der Waals surface area contributed by atoms with Crippen LogP contribution in [-0.4, -0.2) is 22.9 Å². The van der Waals surface area contributed by atoms with E-state index in [4.69, 9.17) is 4.74 Å². The number of hydrogen-bond donors (Lipinski definition) is 0. The van der Waals surface area contributed by atoms with E-state index in [-0.39, 0.29) is 5.97 Å². The van der Waals surface area contributed by atoms with E-state index < -0.39 is 0 Å². The molecule has 2 aromatic rings. The molecule has 0 N–H and O–H groups in total. The Balaban J connectivity index is 2.64. The van der Waals surface area contributed by atoms with E-state index in [0.717, 1.165) is 16.8 Å². The van der Waals surface area contributed by atoms with E-state index in [2.05, 4.69) is 5.10 Å². The summed E-state index contributed by atoms with van der Waals surface area (Å²) in [6, 6.07) is 7.92. The molecule has 2 rings (SSSR count). The summed E-state index contributed by atoms with van der Waals surface area (Å²) >= 11 is 0. The van der Waals surface area contributed by atoms with E-state index in [0.29, 0.717) is 11.3 Å². The van der Waals surface area contributed by atoms with Crippen molar-refractivity contribution in [2.75, 3.05) is 7.11 Å². The van der Waals surface area contributed by atoms with Crippen molar-refractivity contribution in [3.05, 3.63) is 41.1 Å². The Morgan fingerprint density at radius 1 is 1.33 bits per heavy atom. The Kier molecular flexibility index (Phi) is 3.19. The van der Waals surface area contributed by atoms with E-state index in [1.165, 1.54) is 7.11 Å². The zero-order valence-corrected chi connectivity index (χ0v) is 11.0. The molecule has 0 radical (unpaired) electrons. The van der Waals surface area contributed by atoms with Gasteiger partial charge < -0.3 is 4.74 Å². The minimum atomic E-state index is -0.350. The number of carbonyl (C=O) groups is 1. The van der Waals surface area contributed by atoms with Crippen LogP contribution in [0, 0.1) is 13.8 Å². The first kappa shape index (κ1) is 12.4. The molecule has 0 aliphatic heterocycles. The van der Waals surface area contributed by atoms with Gasteiger partial charge in [-0.1, -0.05) is 23.8 Å². The van der Waals surface area contributed by atoms with Crippen molar-refractivity contribution in [1.82, 2.24) is 9.78 Å². The van der Waals surface area contributed by atoms with Crippen LogP contribution in [0.4, 0.5) is 0 Å². The van der Waals surface area contributed by atoms with Gasteiger partial charge in [-0.25, -0.2) is 4.79 Å². The Bertz CT molecular complexity index is 600. The molecule has 0 amide bonds. The molecule has 94 valence electrons.